The molecule has 6 heteroatoms. The lowest BCUT2D eigenvalue weighted by molar-refractivity contribution is -0.117. The third-order valence-corrected chi connectivity index (χ3v) is 6.13. The van der Waals surface area contributed by atoms with Crippen molar-refractivity contribution in [2.24, 2.45) is 0 Å². The summed E-state index contributed by atoms with van der Waals surface area (Å²) in [6.45, 7) is 2.74. The number of benzene rings is 4. The van der Waals surface area contributed by atoms with Gasteiger partial charge >= 0.3 is 0 Å². The van der Waals surface area contributed by atoms with E-state index >= 15 is 0 Å². The highest BCUT2D eigenvalue weighted by Crippen LogP contribution is 2.36. The number of para-hydroxylation sites is 2. The summed E-state index contributed by atoms with van der Waals surface area (Å²) in [6.07, 6.45) is 1.68. The lowest BCUT2D eigenvalue weighted by atomic mass is 10.1. The molecule has 0 saturated heterocycles. The Labute approximate surface area is 214 Å². The summed E-state index contributed by atoms with van der Waals surface area (Å²) < 4.78 is 19.0. The first-order valence-electron chi connectivity index (χ1n) is 11.9. The molecule has 4 aromatic rings. The van der Waals surface area contributed by atoms with Gasteiger partial charge in [0.2, 0.25) is 0 Å². The zero-order valence-electron chi connectivity index (χ0n) is 20.3. The van der Waals surface area contributed by atoms with E-state index in [2.05, 4.69) is 5.32 Å². The second kappa shape index (κ2) is 10.5. The number of amides is 2. The van der Waals surface area contributed by atoms with Crippen LogP contribution in [-0.2, 0) is 17.9 Å². The molecule has 37 heavy (non-hydrogen) atoms. The maximum absolute atomic E-state index is 13.4. The van der Waals surface area contributed by atoms with Crippen molar-refractivity contribution in [3.63, 3.8) is 0 Å². The molecule has 2 amide bonds. The lowest BCUT2D eigenvalue weighted by Gasteiger charge is -2.30. The van der Waals surface area contributed by atoms with E-state index in [-0.39, 0.29) is 23.4 Å². The number of ether oxygens (including phenoxy) is 1. The average Bonchev–Trinajstić information content (AvgIpc) is 2.92. The van der Waals surface area contributed by atoms with E-state index in [9.17, 15) is 14.0 Å². The van der Waals surface area contributed by atoms with Crippen LogP contribution >= 0.6 is 0 Å². The largest absolute Gasteiger partial charge is 0.449 e. The molecule has 0 spiro atoms. The Morgan fingerprint density at radius 1 is 0.892 bits per heavy atom. The molecule has 1 heterocycles. The molecule has 1 N–H and O–H groups in total. The number of carbonyl (C=O) groups is 2. The van der Waals surface area contributed by atoms with Crippen LogP contribution in [0.1, 0.15) is 32.6 Å². The molecule has 0 aliphatic carbocycles. The first-order chi connectivity index (χ1) is 18.0. The number of fused-ring (bicyclic) bond motifs is 1. The lowest BCUT2D eigenvalue weighted by Crippen LogP contribution is -2.36. The third kappa shape index (κ3) is 5.59. The van der Waals surface area contributed by atoms with E-state index in [1.54, 1.807) is 47.4 Å². The molecule has 4 aromatic carbocycles. The smallest absolute Gasteiger partial charge is 0.294 e. The van der Waals surface area contributed by atoms with Crippen LogP contribution < -0.4 is 15.0 Å². The van der Waals surface area contributed by atoms with Gasteiger partial charge in [0.15, 0.2) is 11.5 Å². The number of anilines is 1. The van der Waals surface area contributed by atoms with E-state index in [4.69, 9.17) is 4.74 Å². The Morgan fingerprint density at radius 3 is 2.30 bits per heavy atom. The number of aryl methyl sites for hydroxylation is 1. The molecule has 1 aliphatic rings. The number of carbonyl (C=O) groups excluding carboxylic acids is 2. The number of nitrogens with zero attached hydrogens (tertiary/aromatic N) is 1. The maximum Gasteiger partial charge on any atom is 0.294 e. The van der Waals surface area contributed by atoms with Crippen LogP contribution in [0.15, 0.2) is 103 Å². The molecule has 1 aliphatic heterocycles. The van der Waals surface area contributed by atoms with Gasteiger partial charge < -0.3 is 10.1 Å². The van der Waals surface area contributed by atoms with Crippen molar-refractivity contribution < 1.29 is 18.7 Å². The van der Waals surface area contributed by atoms with Gasteiger partial charge in [-0.3, -0.25) is 14.5 Å². The van der Waals surface area contributed by atoms with Crippen molar-refractivity contribution >= 4 is 23.6 Å². The molecule has 0 radical (unpaired) electrons. The minimum atomic E-state index is -0.318. The Bertz CT molecular complexity index is 1460. The first kappa shape index (κ1) is 24.0. The fourth-order valence-corrected chi connectivity index (χ4v) is 4.06. The van der Waals surface area contributed by atoms with Crippen LogP contribution in [0.4, 0.5) is 10.1 Å². The van der Waals surface area contributed by atoms with Gasteiger partial charge in [-0.1, -0.05) is 66.2 Å². The normalized spacial score (nSPS) is 13.7. The van der Waals surface area contributed by atoms with Gasteiger partial charge in [0.1, 0.15) is 5.82 Å². The van der Waals surface area contributed by atoms with E-state index in [1.165, 1.54) is 12.1 Å². The summed E-state index contributed by atoms with van der Waals surface area (Å²) in [6, 6.07) is 28.5. The summed E-state index contributed by atoms with van der Waals surface area (Å²) in [7, 11) is 0. The number of rotatable bonds is 6. The van der Waals surface area contributed by atoms with Crippen LogP contribution in [-0.4, -0.2) is 11.8 Å². The Balaban J connectivity index is 1.32. The van der Waals surface area contributed by atoms with E-state index in [1.807, 2.05) is 55.5 Å². The minimum Gasteiger partial charge on any atom is -0.449 e. The Hall–Kier alpha value is -4.71. The summed E-state index contributed by atoms with van der Waals surface area (Å²) in [5.41, 5.74) is 4.91. The molecule has 5 rings (SSSR count). The zero-order valence-corrected chi connectivity index (χ0v) is 20.3. The predicted molar refractivity (Wildman–Crippen MR) is 141 cm³/mol. The van der Waals surface area contributed by atoms with Crippen LogP contribution in [0.25, 0.3) is 6.08 Å². The van der Waals surface area contributed by atoms with Crippen molar-refractivity contribution in [1.29, 1.82) is 0 Å². The average molecular weight is 493 g/mol. The highest BCUT2D eigenvalue weighted by Gasteiger charge is 2.30. The SMILES string of the molecule is Cc1ccc(CN2C(=O)C(=Cc3ccc(C(=O)NCc4ccc(F)cc4)cc3)Oc3ccccc32)cc1. The number of hydrogen-bond acceptors (Lipinski definition) is 3. The van der Waals surface area contributed by atoms with Gasteiger partial charge in [0.25, 0.3) is 11.8 Å². The van der Waals surface area contributed by atoms with Crippen molar-refractivity contribution in [1.82, 2.24) is 5.32 Å². The molecule has 0 aromatic heterocycles. The Kier molecular flexibility index (Phi) is 6.81. The minimum absolute atomic E-state index is 0.208. The monoisotopic (exact) mass is 492 g/mol. The van der Waals surface area contributed by atoms with Crippen LogP contribution in [0.5, 0.6) is 5.75 Å². The third-order valence-electron chi connectivity index (χ3n) is 6.13. The number of halogens is 1. The van der Waals surface area contributed by atoms with Crippen molar-refractivity contribution in [2.75, 3.05) is 4.90 Å². The summed E-state index contributed by atoms with van der Waals surface area (Å²) in [5.74, 6) is 0.0191. The fourth-order valence-electron chi connectivity index (χ4n) is 4.06. The van der Waals surface area contributed by atoms with E-state index < -0.39 is 0 Å². The highest BCUT2D eigenvalue weighted by molar-refractivity contribution is 6.09. The second-order valence-electron chi connectivity index (χ2n) is 8.89. The van der Waals surface area contributed by atoms with Gasteiger partial charge in [-0.2, -0.15) is 0 Å². The molecule has 184 valence electrons. The van der Waals surface area contributed by atoms with Gasteiger partial charge in [-0.25, -0.2) is 4.39 Å². The van der Waals surface area contributed by atoms with Crippen LogP contribution in [0.2, 0.25) is 0 Å². The second-order valence-corrected chi connectivity index (χ2v) is 8.89. The summed E-state index contributed by atoms with van der Waals surface area (Å²) in [5, 5.41) is 2.82. The topological polar surface area (TPSA) is 58.6 Å². The molecule has 5 nitrogen and oxygen atoms in total. The van der Waals surface area contributed by atoms with Crippen LogP contribution in [0, 0.1) is 12.7 Å². The molecular weight excluding hydrogens is 467 g/mol. The number of hydrogen-bond donors (Lipinski definition) is 1. The quantitative estimate of drug-likeness (QED) is 0.334. The molecule has 0 atom stereocenters. The fraction of sp³-hybridized carbons (Fsp3) is 0.0968. The van der Waals surface area contributed by atoms with Crippen LogP contribution in [0.3, 0.4) is 0 Å². The van der Waals surface area contributed by atoms with E-state index in [0.29, 0.717) is 24.4 Å². The van der Waals surface area contributed by atoms with Crippen molar-refractivity contribution in [3.8, 4) is 5.75 Å². The molecule has 0 bridgehead atoms. The molecule has 0 fully saturated rings. The highest BCUT2D eigenvalue weighted by atomic mass is 19.1. The Morgan fingerprint density at radius 2 is 1.57 bits per heavy atom. The number of nitrogens with one attached hydrogen (secondary N) is 1. The van der Waals surface area contributed by atoms with Crippen molar-refractivity contribution in [3.05, 3.63) is 136 Å². The molecular formula is C31H25FN2O3. The molecule has 0 unspecified atom stereocenters. The zero-order chi connectivity index (χ0) is 25.8. The van der Waals surface area contributed by atoms with Gasteiger partial charge in [0.05, 0.1) is 12.2 Å². The van der Waals surface area contributed by atoms with Gasteiger partial charge in [-0.05, 0) is 66.1 Å². The van der Waals surface area contributed by atoms with Gasteiger partial charge in [0, 0.05) is 12.1 Å². The summed E-state index contributed by atoms with van der Waals surface area (Å²) in [4.78, 5) is 27.7. The van der Waals surface area contributed by atoms with Gasteiger partial charge in [-0.15, -0.1) is 0 Å². The standard InChI is InChI=1S/C31H25FN2O3/c1-21-6-8-24(9-7-21)20-34-27-4-2-3-5-28(27)37-29(31(34)36)18-22-10-14-25(15-11-22)30(35)33-19-23-12-16-26(32)17-13-23/h2-18H,19-20H2,1H3,(H,33,35). The van der Waals surface area contributed by atoms with E-state index in [0.717, 1.165) is 27.9 Å². The van der Waals surface area contributed by atoms with Crippen molar-refractivity contribution in [2.45, 2.75) is 20.0 Å². The maximum atomic E-state index is 13.4. The first-order valence-corrected chi connectivity index (χ1v) is 11.9. The summed E-state index contributed by atoms with van der Waals surface area (Å²) >= 11 is 0. The molecule has 0 saturated carbocycles. The predicted octanol–water partition coefficient (Wildman–Crippen LogP) is 6.03.